The van der Waals surface area contributed by atoms with Gasteiger partial charge in [0.1, 0.15) is 0 Å². The molecule has 0 unspecified atom stereocenters. The molecule has 0 radical (unpaired) electrons. The third kappa shape index (κ3) is 2.56. The van der Waals surface area contributed by atoms with Gasteiger partial charge in [-0.1, -0.05) is 32.0 Å². The van der Waals surface area contributed by atoms with Crippen molar-refractivity contribution in [3.05, 3.63) is 42.1 Å². The summed E-state index contributed by atoms with van der Waals surface area (Å²) in [7, 11) is 0. The fourth-order valence-corrected chi connectivity index (χ4v) is 2.52. The number of aromatic nitrogens is 2. The first kappa shape index (κ1) is 13.2. The molecule has 20 heavy (non-hydrogen) atoms. The van der Waals surface area contributed by atoms with Crippen LogP contribution in [-0.4, -0.2) is 36.1 Å². The molecule has 0 aliphatic carbocycles. The largest absolute Gasteiger partial charge is 0.378 e. The number of benzene rings is 1. The average Bonchev–Trinajstić information content (AvgIpc) is 2.94. The Labute approximate surface area is 120 Å². The third-order valence-corrected chi connectivity index (χ3v) is 3.65. The van der Waals surface area contributed by atoms with Crippen LogP contribution in [0.25, 0.3) is 5.69 Å². The van der Waals surface area contributed by atoms with E-state index in [1.54, 1.807) is 0 Å². The summed E-state index contributed by atoms with van der Waals surface area (Å²) in [5.41, 5.74) is 2.37. The fraction of sp³-hybridized carbons (Fsp3) is 0.438. The van der Waals surface area contributed by atoms with Crippen LogP contribution in [0.15, 0.2) is 36.4 Å². The lowest BCUT2D eigenvalue weighted by atomic mass is 10.1. The van der Waals surface area contributed by atoms with Gasteiger partial charge in [-0.25, -0.2) is 4.68 Å². The minimum absolute atomic E-state index is 0.442. The minimum Gasteiger partial charge on any atom is -0.378 e. The lowest BCUT2D eigenvalue weighted by molar-refractivity contribution is 0.122. The van der Waals surface area contributed by atoms with Crippen molar-refractivity contribution in [3.8, 4) is 5.69 Å². The number of para-hydroxylation sites is 1. The molecule has 0 bridgehead atoms. The molecular weight excluding hydrogens is 250 g/mol. The van der Waals surface area contributed by atoms with E-state index in [2.05, 4.69) is 53.8 Å². The highest BCUT2D eigenvalue weighted by atomic mass is 16.5. The highest BCUT2D eigenvalue weighted by molar-refractivity contribution is 5.45. The van der Waals surface area contributed by atoms with E-state index in [-0.39, 0.29) is 0 Å². The van der Waals surface area contributed by atoms with Gasteiger partial charge in [-0.3, -0.25) is 0 Å². The zero-order valence-corrected chi connectivity index (χ0v) is 12.1. The maximum Gasteiger partial charge on any atom is 0.151 e. The van der Waals surface area contributed by atoms with Gasteiger partial charge >= 0.3 is 0 Å². The van der Waals surface area contributed by atoms with Crippen LogP contribution in [0.1, 0.15) is 25.5 Å². The topological polar surface area (TPSA) is 30.3 Å². The molecule has 1 aromatic carbocycles. The molecule has 0 spiro atoms. The zero-order chi connectivity index (χ0) is 13.9. The van der Waals surface area contributed by atoms with Crippen molar-refractivity contribution in [3.63, 3.8) is 0 Å². The average molecular weight is 271 g/mol. The zero-order valence-electron chi connectivity index (χ0n) is 12.1. The van der Waals surface area contributed by atoms with Crippen LogP contribution in [0.3, 0.4) is 0 Å². The first-order valence-corrected chi connectivity index (χ1v) is 7.24. The molecular formula is C16H21N3O. The van der Waals surface area contributed by atoms with E-state index in [1.807, 2.05) is 6.07 Å². The van der Waals surface area contributed by atoms with Crippen LogP contribution in [-0.2, 0) is 4.74 Å². The maximum absolute atomic E-state index is 5.41. The van der Waals surface area contributed by atoms with Gasteiger partial charge in [0.15, 0.2) is 5.82 Å². The molecule has 0 atom stereocenters. The Morgan fingerprint density at radius 2 is 1.80 bits per heavy atom. The summed E-state index contributed by atoms with van der Waals surface area (Å²) in [6, 6.07) is 12.5. The molecule has 0 amide bonds. The van der Waals surface area contributed by atoms with Crippen LogP contribution < -0.4 is 4.90 Å². The lowest BCUT2D eigenvalue weighted by Crippen LogP contribution is -2.36. The predicted octanol–water partition coefficient (Wildman–Crippen LogP) is 2.83. The summed E-state index contributed by atoms with van der Waals surface area (Å²) in [6.07, 6.45) is 0. The Hall–Kier alpha value is -1.81. The number of anilines is 1. The van der Waals surface area contributed by atoms with Crippen molar-refractivity contribution in [1.29, 1.82) is 0 Å². The van der Waals surface area contributed by atoms with Gasteiger partial charge in [0, 0.05) is 24.8 Å². The van der Waals surface area contributed by atoms with Crippen molar-refractivity contribution in [2.24, 2.45) is 0 Å². The first-order chi connectivity index (χ1) is 9.75. The van der Waals surface area contributed by atoms with Gasteiger partial charge in [-0.05, 0) is 18.1 Å². The molecule has 4 nitrogen and oxygen atoms in total. The van der Waals surface area contributed by atoms with E-state index in [0.717, 1.165) is 37.8 Å². The van der Waals surface area contributed by atoms with Crippen LogP contribution in [0.4, 0.5) is 5.82 Å². The molecule has 3 rings (SSSR count). The van der Waals surface area contributed by atoms with Crippen molar-refractivity contribution in [1.82, 2.24) is 9.78 Å². The predicted molar refractivity (Wildman–Crippen MR) is 80.7 cm³/mol. The normalized spacial score (nSPS) is 15.8. The molecule has 106 valence electrons. The molecule has 0 N–H and O–H groups in total. The number of ether oxygens (including phenoxy) is 1. The van der Waals surface area contributed by atoms with E-state index in [9.17, 15) is 0 Å². The van der Waals surface area contributed by atoms with E-state index >= 15 is 0 Å². The molecule has 2 aromatic rings. The van der Waals surface area contributed by atoms with Gasteiger partial charge in [0.2, 0.25) is 0 Å². The Morgan fingerprint density at radius 1 is 1.10 bits per heavy atom. The molecule has 1 aliphatic heterocycles. The summed E-state index contributed by atoms with van der Waals surface area (Å²) in [5, 5.41) is 4.81. The summed E-state index contributed by atoms with van der Waals surface area (Å²) >= 11 is 0. The van der Waals surface area contributed by atoms with Crippen LogP contribution in [0.2, 0.25) is 0 Å². The van der Waals surface area contributed by atoms with Gasteiger partial charge in [-0.15, -0.1) is 0 Å². The van der Waals surface area contributed by atoms with Gasteiger partial charge in [-0.2, -0.15) is 5.10 Å². The minimum atomic E-state index is 0.442. The number of hydrogen-bond acceptors (Lipinski definition) is 3. The van der Waals surface area contributed by atoms with Crippen LogP contribution in [0, 0.1) is 0 Å². The molecule has 1 fully saturated rings. The number of morpholine rings is 1. The summed E-state index contributed by atoms with van der Waals surface area (Å²) < 4.78 is 7.48. The first-order valence-electron chi connectivity index (χ1n) is 7.24. The Kier molecular flexibility index (Phi) is 3.74. The van der Waals surface area contributed by atoms with Gasteiger partial charge < -0.3 is 9.64 Å². The number of rotatable bonds is 3. The van der Waals surface area contributed by atoms with Crippen LogP contribution in [0.5, 0.6) is 0 Å². The smallest absolute Gasteiger partial charge is 0.151 e. The van der Waals surface area contributed by atoms with E-state index < -0.39 is 0 Å². The third-order valence-electron chi connectivity index (χ3n) is 3.65. The highest BCUT2D eigenvalue weighted by Gasteiger charge is 2.18. The fourth-order valence-electron chi connectivity index (χ4n) is 2.52. The summed E-state index contributed by atoms with van der Waals surface area (Å²) in [4.78, 5) is 2.30. The second-order valence-electron chi connectivity index (χ2n) is 5.43. The standard InChI is InChI=1S/C16H21N3O/c1-13(2)15-12-16(18-8-10-20-11-9-18)17-19(15)14-6-4-3-5-7-14/h3-7,12-13H,8-11H2,1-2H3. The van der Waals surface area contributed by atoms with Crippen molar-refractivity contribution < 1.29 is 4.74 Å². The summed E-state index contributed by atoms with van der Waals surface area (Å²) in [6.45, 7) is 7.83. The Balaban J connectivity index is 1.98. The second kappa shape index (κ2) is 5.67. The highest BCUT2D eigenvalue weighted by Crippen LogP contribution is 2.25. The van der Waals surface area contributed by atoms with Crippen LogP contribution >= 0.6 is 0 Å². The van der Waals surface area contributed by atoms with Crippen molar-refractivity contribution >= 4 is 5.82 Å². The van der Waals surface area contributed by atoms with Gasteiger partial charge in [0.25, 0.3) is 0 Å². The van der Waals surface area contributed by atoms with Gasteiger partial charge in [0.05, 0.1) is 18.9 Å². The number of nitrogens with zero attached hydrogens (tertiary/aromatic N) is 3. The molecule has 1 saturated heterocycles. The Morgan fingerprint density at radius 3 is 2.45 bits per heavy atom. The lowest BCUT2D eigenvalue weighted by Gasteiger charge is -2.26. The van der Waals surface area contributed by atoms with E-state index in [1.165, 1.54) is 5.69 Å². The monoisotopic (exact) mass is 271 g/mol. The van der Waals surface area contributed by atoms with Crippen molar-refractivity contribution in [2.75, 3.05) is 31.2 Å². The molecule has 2 heterocycles. The quantitative estimate of drug-likeness (QED) is 0.860. The molecule has 1 aromatic heterocycles. The number of hydrogen-bond donors (Lipinski definition) is 0. The summed E-state index contributed by atoms with van der Waals surface area (Å²) in [5.74, 6) is 1.50. The SMILES string of the molecule is CC(C)c1cc(N2CCOCC2)nn1-c1ccccc1. The molecule has 1 aliphatic rings. The van der Waals surface area contributed by atoms with Crippen molar-refractivity contribution in [2.45, 2.75) is 19.8 Å². The Bertz CT molecular complexity index is 556. The second-order valence-corrected chi connectivity index (χ2v) is 5.43. The van der Waals surface area contributed by atoms with E-state index in [0.29, 0.717) is 5.92 Å². The molecule has 4 heteroatoms. The molecule has 0 saturated carbocycles. The van der Waals surface area contributed by atoms with E-state index in [4.69, 9.17) is 9.84 Å². The maximum atomic E-state index is 5.41.